The number of nitrogens with one attached hydrogen (secondary N) is 2. The smallest absolute Gasteiger partial charge is 0.191 e. The molecule has 3 heterocycles. The van der Waals surface area contributed by atoms with Crippen LogP contribution >= 0.6 is 0 Å². The number of hydrogen-bond acceptors (Lipinski definition) is 3. The molecule has 2 N–H and O–H groups in total. The van der Waals surface area contributed by atoms with Crippen LogP contribution in [-0.4, -0.2) is 46.4 Å². The molecular formula is C21H26N6. The van der Waals surface area contributed by atoms with Gasteiger partial charge < -0.3 is 15.0 Å². The Morgan fingerprint density at radius 2 is 2.04 bits per heavy atom. The van der Waals surface area contributed by atoms with E-state index in [0.29, 0.717) is 12.6 Å². The zero-order valence-corrected chi connectivity index (χ0v) is 15.7. The SMILES string of the molecule is CN=C(NCc1cn2ccccc2n1)NC1CCN(Cc2ccccc2)C1. The maximum atomic E-state index is 4.62. The minimum absolute atomic E-state index is 0.418. The third-order valence-electron chi connectivity index (χ3n) is 4.94. The molecule has 3 aromatic rings. The van der Waals surface area contributed by atoms with Crippen LogP contribution in [0.25, 0.3) is 5.65 Å². The molecule has 1 saturated heterocycles. The van der Waals surface area contributed by atoms with Gasteiger partial charge in [0.15, 0.2) is 5.96 Å². The van der Waals surface area contributed by atoms with Gasteiger partial charge in [-0.3, -0.25) is 9.89 Å². The van der Waals surface area contributed by atoms with Crippen molar-refractivity contribution in [2.24, 2.45) is 4.99 Å². The van der Waals surface area contributed by atoms with E-state index < -0.39 is 0 Å². The Morgan fingerprint density at radius 1 is 1.19 bits per heavy atom. The molecule has 6 heteroatoms. The highest BCUT2D eigenvalue weighted by molar-refractivity contribution is 5.80. The van der Waals surface area contributed by atoms with Gasteiger partial charge in [-0.2, -0.15) is 0 Å². The van der Waals surface area contributed by atoms with Crippen LogP contribution in [-0.2, 0) is 13.1 Å². The third kappa shape index (κ3) is 4.46. The van der Waals surface area contributed by atoms with E-state index in [1.165, 1.54) is 5.56 Å². The fourth-order valence-electron chi connectivity index (χ4n) is 3.57. The van der Waals surface area contributed by atoms with E-state index in [1.807, 2.05) is 42.0 Å². The fraction of sp³-hybridized carbons (Fsp3) is 0.333. The molecule has 0 radical (unpaired) electrons. The highest BCUT2D eigenvalue weighted by Crippen LogP contribution is 2.13. The monoisotopic (exact) mass is 362 g/mol. The molecule has 27 heavy (non-hydrogen) atoms. The van der Waals surface area contributed by atoms with Gasteiger partial charge in [-0.05, 0) is 24.1 Å². The van der Waals surface area contributed by atoms with E-state index in [0.717, 1.165) is 43.4 Å². The van der Waals surface area contributed by atoms with Crippen LogP contribution in [0.4, 0.5) is 0 Å². The van der Waals surface area contributed by atoms with Crippen molar-refractivity contribution in [3.8, 4) is 0 Å². The molecule has 1 aliphatic rings. The van der Waals surface area contributed by atoms with Crippen molar-refractivity contribution in [3.63, 3.8) is 0 Å². The summed E-state index contributed by atoms with van der Waals surface area (Å²) in [5, 5.41) is 6.93. The van der Waals surface area contributed by atoms with E-state index in [4.69, 9.17) is 0 Å². The molecule has 0 saturated carbocycles. The summed E-state index contributed by atoms with van der Waals surface area (Å²) in [4.78, 5) is 11.5. The normalized spacial score (nSPS) is 18.1. The zero-order chi connectivity index (χ0) is 18.5. The first kappa shape index (κ1) is 17.5. The van der Waals surface area contributed by atoms with E-state index in [-0.39, 0.29) is 0 Å². The summed E-state index contributed by atoms with van der Waals surface area (Å²) in [6, 6.07) is 17.1. The van der Waals surface area contributed by atoms with Crippen molar-refractivity contribution in [3.05, 3.63) is 72.2 Å². The van der Waals surface area contributed by atoms with Gasteiger partial charge in [-0.15, -0.1) is 0 Å². The Hall–Kier alpha value is -2.86. The van der Waals surface area contributed by atoms with Gasteiger partial charge >= 0.3 is 0 Å². The lowest BCUT2D eigenvalue weighted by atomic mass is 10.2. The van der Waals surface area contributed by atoms with Gasteiger partial charge in [0.25, 0.3) is 0 Å². The summed E-state index contributed by atoms with van der Waals surface area (Å²) in [5.74, 6) is 0.832. The summed E-state index contributed by atoms with van der Waals surface area (Å²) in [6.45, 7) is 3.80. The fourth-order valence-corrected chi connectivity index (χ4v) is 3.57. The summed E-state index contributed by atoms with van der Waals surface area (Å²) in [6.07, 6.45) is 5.19. The van der Waals surface area contributed by atoms with Gasteiger partial charge in [0, 0.05) is 45.1 Å². The molecule has 6 nitrogen and oxygen atoms in total. The van der Waals surface area contributed by atoms with Crippen LogP contribution in [0.5, 0.6) is 0 Å². The van der Waals surface area contributed by atoms with E-state index in [1.54, 1.807) is 0 Å². The molecule has 1 aromatic carbocycles. The number of guanidine groups is 1. The molecule has 0 amide bonds. The Labute approximate surface area is 159 Å². The van der Waals surface area contributed by atoms with Crippen molar-refractivity contribution >= 4 is 11.6 Å². The first-order valence-corrected chi connectivity index (χ1v) is 9.46. The second-order valence-electron chi connectivity index (χ2n) is 6.97. The number of aromatic nitrogens is 2. The maximum Gasteiger partial charge on any atom is 0.191 e. The molecule has 2 aromatic heterocycles. The number of benzene rings is 1. The van der Waals surface area contributed by atoms with E-state index >= 15 is 0 Å². The number of pyridine rings is 1. The van der Waals surface area contributed by atoms with Crippen molar-refractivity contribution in [2.75, 3.05) is 20.1 Å². The average Bonchev–Trinajstić information content (AvgIpc) is 3.32. The van der Waals surface area contributed by atoms with Crippen LogP contribution in [0, 0.1) is 0 Å². The molecule has 0 bridgehead atoms. The van der Waals surface area contributed by atoms with Crippen molar-refractivity contribution < 1.29 is 0 Å². The zero-order valence-electron chi connectivity index (χ0n) is 15.7. The van der Waals surface area contributed by atoms with E-state index in [2.05, 4.69) is 55.8 Å². The number of likely N-dealkylation sites (tertiary alicyclic amines) is 1. The minimum atomic E-state index is 0.418. The molecule has 0 aliphatic carbocycles. The van der Waals surface area contributed by atoms with Gasteiger partial charge in [0.1, 0.15) is 5.65 Å². The minimum Gasteiger partial charge on any atom is -0.352 e. The largest absolute Gasteiger partial charge is 0.352 e. The van der Waals surface area contributed by atoms with Crippen LogP contribution in [0.3, 0.4) is 0 Å². The van der Waals surface area contributed by atoms with Gasteiger partial charge in [0.05, 0.1) is 12.2 Å². The number of imidazole rings is 1. The first-order valence-electron chi connectivity index (χ1n) is 9.46. The third-order valence-corrected chi connectivity index (χ3v) is 4.94. The Kier molecular flexibility index (Phi) is 5.34. The number of fused-ring (bicyclic) bond motifs is 1. The molecule has 1 atom stereocenters. The van der Waals surface area contributed by atoms with Crippen molar-refractivity contribution in [1.29, 1.82) is 0 Å². The van der Waals surface area contributed by atoms with E-state index in [9.17, 15) is 0 Å². The van der Waals surface area contributed by atoms with Crippen LogP contribution in [0.2, 0.25) is 0 Å². The lowest BCUT2D eigenvalue weighted by Gasteiger charge is -2.18. The second kappa shape index (κ2) is 8.22. The predicted octanol–water partition coefficient (Wildman–Crippen LogP) is 2.27. The summed E-state index contributed by atoms with van der Waals surface area (Å²) in [7, 11) is 1.82. The standard InChI is InChI=1S/C21H26N6/c1-22-21(23-13-19-16-27-11-6-5-9-20(27)24-19)25-18-10-12-26(15-18)14-17-7-3-2-4-8-17/h2-9,11,16,18H,10,12-15H2,1H3,(H2,22,23,25). The van der Waals surface area contributed by atoms with Crippen molar-refractivity contribution in [2.45, 2.75) is 25.6 Å². The molecule has 140 valence electrons. The molecule has 4 rings (SSSR count). The maximum absolute atomic E-state index is 4.62. The highest BCUT2D eigenvalue weighted by atomic mass is 15.2. The molecule has 1 fully saturated rings. The van der Waals surface area contributed by atoms with Crippen LogP contribution < -0.4 is 10.6 Å². The Morgan fingerprint density at radius 3 is 2.85 bits per heavy atom. The topological polar surface area (TPSA) is 57.0 Å². The quantitative estimate of drug-likeness (QED) is 0.540. The summed E-state index contributed by atoms with van der Waals surface area (Å²) < 4.78 is 2.03. The predicted molar refractivity (Wildman–Crippen MR) is 109 cm³/mol. The number of rotatable bonds is 5. The van der Waals surface area contributed by atoms with Crippen LogP contribution in [0.15, 0.2) is 65.9 Å². The average molecular weight is 362 g/mol. The molecular weight excluding hydrogens is 336 g/mol. The van der Waals surface area contributed by atoms with Crippen molar-refractivity contribution in [1.82, 2.24) is 24.9 Å². The van der Waals surface area contributed by atoms with Gasteiger partial charge in [0.2, 0.25) is 0 Å². The highest BCUT2D eigenvalue weighted by Gasteiger charge is 2.23. The number of hydrogen-bond donors (Lipinski definition) is 2. The van der Waals surface area contributed by atoms with Gasteiger partial charge in [-0.1, -0.05) is 36.4 Å². The lowest BCUT2D eigenvalue weighted by molar-refractivity contribution is 0.324. The number of aliphatic imine (C=N–C) groups is 1. The summed E-state index contributed by atoms with van der Waals surface area (Å²) >= 11 is 0. The number of nitrogens with zero attached hydrogens (tertiary/aromatic N) is 4. The first-order chi connectivity index (χ1) is 13.3. The lowest BCUT2D eigenvalue weighted by Crippen LogP contribution is -2.44. The summed E-state index contributed by atoms with van der Waals surface area (Å²) in [5.41, 5.74) is 3.33. The Balaban J connectivity index is 1.28. The molecule has 1 aliphatic heterocycles. The Bertz CT molecular complexity index is 868. The van der Waals surface area contributed by atoms with Crippen LogP contribution in [0.1, 0.15) is 17.7 Å². The molecule has 0 spiro atoms. The molecule has 1 unspecified atom stereocenters. The second-order valence-corrected chi connectivity index (χ2v) is 6.97. The van der Waals surface area contributed by atoms with Gasteiger partial charge in [-0.25, -0.2) is 4.98 Å².